The van der Waals surface area contributed by atoms with Gasteiger partial charge in [-0.25, -0.2) is 4.39 Å². The summed E-state index contributed by atoms with van der Waals surface area (Å²) in [5.74, 6) is -0.427. The molecule has 0 fully saturated rings. The standard InChI is InChI=1S/C15H15BrFN3O/c1-19(10-14-13(16)9-18-20(14)2)15(21)8-5-11-3-6-12(17)7-4-11/h3-9H,10H2,1-2H3/b8-5+. The molecule has 6 heteroatoms. The number of benzene rings is 1. The summed E-state index contributed by atoms with van der Waals surface area (Å²) in [7, 11) is 3.55. The van der Waals surface area contributed by atoms with E-state index in [1.165, 1.54) is 18.2 Å². The van der Waals surface area contributed by atoms with Gasteiger partial charge in [0.05, 0.1) is 22.9 Å². The molecular weight excluding hydrogens is 337 g/mol. The first-order valence-electron chi connectivity index (χ1n) is 6.32. The molecule has 0 unspecified atom stereocenters. The van der Waals surface area contributed by atoms with Crippen LogP contribution in [-0.2, 0) is 18.4 Å². The van der Waals surface area contributed by atoms with E-state index in [-0.39, 0.29) is 11.7 Å². The van der Waals surface area contributed by atoms with Gasteiger partial charge in [-0.15, -0.1) is 0 Å². The summed E-state index contributed by atoms with van der Waals surface area (Å²) in [4.78, 5) is 13.6. The first-order valence-corrected chi connectivity index (χ1v) is 7.12. The molecule has 0 N–H and O–H groups in total. The van der Waals surface area contributed by atoms with Crippen molar-refractivity contribution in [2.45, 2.75) is 6.54 Å². The number of aromatic nitrogens is 2. The zero-order chi connectivity index (χ0) is 15.4. The minimum Gasteiger partial charge on any atom is -0.336 e. The number of amides is 1. The van der Waals surface area contributed by atoms with Crippen LogP contribution in [0.1, 0.15) is 11.3 Å². The van der Waals surface area contributed by atoms with E-state index in [2.05, 4.69) is 21.0 Å². The van der Waals surface area contributed by atoms with Gasteiger partial charge in [0.15, 0.2) is 0 Å². The predicted octanol–water partition coefficient (Wildman–Crippen LogP) is 2.99. The van der Waals surface area contributed by atoms with Crippen LogP contribution < -0.4 is 0 Å². The summed E-state index contributed by atoms with van der Waals surface area (Å²) in [6.45, 7) is 0.448. The Kier molecular flexibility index (Phi) is 4.90. The van der Waals surface area contributed by atoms with Crippen molar-refractivity contribution < 1.29 is 9.18 Å². The molecule has 1 aromatic heterocycles. The van der Waals surface area contributed by atoms with Gasteiger partial charge in [-0.1, -0.05) is 12.1 Å². The first-order chi connectivity index (χ1) is 9.97. The maximum Gasteiger partial charge on any atom is 0.246 e. The van der Waals surface area contributed by atoms with Crippen LogP contribution in [0.25, 0.3) is 6.08 Å². The van der Waals surface area contributed by atoms with Gasteiger partial charge >= 0.3 is 0 Å². The minimum absolute atomic E-state index is 0.132. The Balaban J connectivity index is 2.01. The second kappa shape index (κ2) is 6.67. The molecule has 0 saturated carbocycles. The van der Waals surface area contributed by atoms with Crippen LogP contribution in [0.3, 0.4) is 0 Å². The number of carbonyl (C=O) groups is 1. The summed E-state index contributed by atoms with van der Waals surface area (Å²) in [6, 6.07) is 5.97. The van der Waals surface area contributed by atoms with Crippen LogP contribution in [0.15, 0.2) is 41.0 Å². The molecule has 0 atom stereocenters. The van der Waals surface area contributed by atoms with E-state index in [1.54, 1.807) is 41.0 Å². The molecule has 0 aliphatic rings. The van der Waals surface area contributed by atoms with E-state index in [9.17, 15) is 9.18 Å². The predicted molar refractivity (Wildman–Crippen MR) is 82.8 cm³/mol. The molecule has 0 bridgehead atoms. The molecule has 0 saturated heterocycles. The highest BCUT2D eigenvalue weighted by Crippen LogP contribution is 2.16. The zero-order valence-electron chi connectivity index (χ0n) is 11.8. The molecule has 1 amide bonds. The van der Waals surface area contributed by atoms with E-state index < -0.39 is 0 Å². The lowest BCUT2D eigenvalue weighted by atomic mass is 10.2. The molecular formula is C15H15BrFN3O. The van der Waals surface area contributed by atoms with Crippen molar-refractivity contribution in [2.24, 2.45) is 7.05 Å². The maximum absolute atomic E-state index is 12.8. The highest BCUT2D eigenvalue weighted by molar-refractivity contribution is 9.10. The molecule has 110 valence electrons. The Hall–Kier alpha value is -1.95. The van der Waals surface area contributed by atoms with Crippen molar-refractivity contribution in [3.63, 3.8) is 0 Å². The number of aryl methyl sites for hydroxylation is 1. The number of hydrogen-bond acceptors (Lipinski definition) is 2. The molecule has 1 aromatic carbocycles. The van der Waals surface area contributed by atoms with Crippen LogP contribution in [-0.4, -0.2) is 27.6 Å². The van der Waals surface area contributed by atoms with E-state index >= 15 is 0 Å². The summed E-state index contributed by atoms with van der Waals surface area (Å²) in [5, 5.41) is 4.11. The Morgan fingerprint density at radius 1 is 1.43 bits per heavy atom. The fraction of sp³-hybridized carbons (Fsp3) is 0.200. The average molecular weight is 352 g/mol. The van der Waals surface area contributed by atoms with E-state index in [4.69, 9.17) is 0 Å². The summed E-state index contributed by atoms with van der Waals surface area (Å²) < 4.78 is 15.4. The molecule has 21 heavy (non-hydrogen) atoms. The number of likely N-dealkylation sites (N-methyl/N-ethyl adjacent to an activating group) is 1. The summed E-state index contributed by atoms with van der Waals surface area (Å²) >= 11 is 3.40. The van der Waals surface area contributed by atoms with Gasteiger partial charge in [-0.05, 0) is 39.7 Å². The Morgan fingerprint density at radius 3 is 2.67 bits per heavy atom. The lowest BCUT2D eigenvalue weighted by Crippen LogP contribution is -2.25. The second-order valence-electron chi connectivity index (χ2n) is 4.64. The summed E-state index contributed by atoms with van der Waals surface area (Å²) in [6.07, 6.45) is 4.83. The lowest BCUT2D eigenvalue weighted by molar-refractivity contribution is -0.125. The first kappa shape index (κ1) is 15.4. The largest absolute Gasteiger partial charge is 0.336 e. The molecule has 0 aliphatic carbocycles. The quantitative estimate of drug-likeness (QED) is 0.794. The fourth-order valence-electron chi connectivity index (χ4n) is 1.79. The Bertz CT molecular complexity index is 645. The molecule has 2 aromatic rings. The highest BCUT2D eigenvalue weighted by Gasteiger charge is 2.11. The number of halogens is 2. The maximum atomic E-state index is 12.8. The van der Waals surface area contributed by atoms with Crippen molar-refractivity contribution in [1.82, 2.24) is 14.7 Å². The third kappa shape index (κ3) is 4.01. The normalized spacial score (nSPS) is 11.0. The summed E-state index contributed by atoms with van der Waals surface area (Å²) in [5.41, 5.74) is 1.70. The Morgan fingerprint density at radius 2 is 2.10 bits per heavy atom. The van der Waals surface area contributed by atoms with Crippen LogP contribution in [0, 0.1) is 5.82 Å². The van der Waals surface area contributed by atoms with Crippen molar-refractivity contribution in [1.29, 1.82) is 0 Å². The molecule has 4 nitrogen and oxygen atoms in total. The van der Waals surface area contributed by atoms with Gasteiger partial charge in [-0.2, -0.15) is 5.10 Å². The van der Waals surface area contributed by atoms with Crippen molar-refractivity contribution in [2.75, 3.05) is 7.05 Å². The van der Waals surface area contributed by atoms with Gasteiger partial charge in [-0.3, -0.25) is 9.48 Å². The number of rotatable bonds is 4. The fourth-order valence-corrected chi connectivity index (χ4v) is 2.26. The third-order valence-electron chi connectivity index (χ3n) is 3.06. The lowest BCUT2D eigenvalue weighted by Gasteiger charge is -2.15. The van der Waals surface area contributed by atoms with Gasteiger partial charge in [0.25, 0.3) is 0 Å². The second-order valence-corrected chi connectivity index (χ2v) is 5.50. The van der Waals surface area contributed by atoms with Crippen LogP contribution in [0.2, 0.25) is 0 Å². The minimum atomic E-state index is -0.295. The topological polar surface area (TPSA) is 38.1 Å². The molecule has 0 aliphatic heterocycles. The van der Waals surface area contributed by atoms with Crippen molar-refractivity contribution >= 4 is 27.9 Å². The average Bonchev–Trinajstić information content (AvgIpc) is 2.78. The number of nitrogens with zero attached hydrogens (tertiary/aromatic N) is 3. The number of carbonyl (C=O) groups excluding carboxylic acids is 1. The van der Waals surface area contributed by atoms with E-state index in [0.29, 0.717) is 6.54 Å². The SMILES string of the molecule is CN(Cc1c(Br)cnn1C)C(=O)/C=C/c1ccc(F)cc1. The molecule has 0 radical (unpaired) electrons. The van der Waals surface area contributed by atoms with Crippen molar-refractivity contribution in [3.05, 3.63) is 58.1 Å². The zero-order valence-corrected chi connectivity index (χ0v) is 13.3. The van der Waals surface area contributed by atoms with Crippen LogP contribution in [0.4, 0.5) is 4.39 Å². The highest BCUT2D eigenvalue weighted by atomic mass is 79.9. The molecule has 0 spiro atoms. The van der Waals surface area contributed by atoms with Gasteiger partial charge in [0.1, 0.15) is 5.82 Å². The van der Waals surface area contributed by atoms with E-state index in [1.807, 2.05) is 7.05 Å². The molecule has 2 rings (SSSR count). The van der Waals surface area contributed by atoms with Gasteiger partial charge in [0, 0.05) is 20.2 Å². The molecule has 1 heterocycles. The third-order valence-corrected chi connectivity index (χ3v) is 3.72. The van der Waals surface area contributed by atoms with E-state index in [0.717, 1.165) is 15.7 Å². The monoisotopic (exact) mass is 351 g/mol. The smallest absolute Gasteiger partial charge is 0.246 e. The van der Waals surface area contributed by atoms with Crippen molar-refractivity contribution in [3.8, 4) is 0 Å². The number of hydrogen-bond donors (Lipinski definition) is 0. The van der Waals surface area contributed by atoms with Crippen LogP contribution in [0.5, 0.6) is 0 Å². The van der Waals surface area contributed by atoms with Gasteiger partial charge < -0.3 is 4.90 Å². The van der Waals surface area contributed by atoms with Gasteiger partial charge in [0.2, 0.25) is 5.91 Å². The Labute approximate surface area is 131 Å². The van der Waals surface area contributed by atoms with Crippen LogP contribution >= 0.6 is 15.9 Å².